The van der Waals surface area contributed by atoms with Crippen molar-refractivity contribution in [3.05, 3.63) is 83.0 Å². The van der Waals surface area contributed by atoms with Gasteiger partial charge in [0.05, 0.1) is 16.6 Å². The number of aromatic nitrogens is 2. The van der Waals surface area contributed by atoms with E-state index in [4.69, 9.17) is 14.7 Å². The van der Waals surface area contributed by atoms with E-state index in [9.17, 15) is 8.42 Å². The molecule has 4 bridgehead atoms. The Bertz CT molecular complexity index is 1850. The molecule has 1 aliphatic heterocycles. The average Bonchev–Trinajstić information content (AvgIpc) is 2.96. The van der Waals surface area contributed by atoms with Gasteiger partial charge in [-0.1, -0.05) is 75.3 Å². The van der Waals surface area contributed by atoms with Gasteiger partial charge in [0.15, 0.2) is 0 Å². The predicted octanol–water partition coefficient (Wildman–Crippen LogP) is 8.23. The molecule has 3 aliphatic carbocycles. The lowest BCUT2D eigenvalue weighted by atomic mass is 9.49. The zero-order chi connectivity index (χ0) is 31.9. The number of allylic oxidation sites excluding steroid dienone is 2. The number of hydrogen-bond acceptors (Lipinski definition) is 6. The van der Waals surface area contributed by atoms with Crippen LogP contribution in [-0.4, -0.2) is 30.5 Å². The van der Waals surface area contributed by atoms with Crippen LogP contribution < -0.4 is 14.8 Å². The third-order valence-corrected chi connectivity index (χ3v) is 12.5. The molecule has 3 unspecified atom stereocenters. The van der Waals surface area contributed by atoms with Gasteiger partial charge in [0.1, 0.15) is 6.10 Å². The molecule has 0 saturated heterocycles. The van der Waals surface area contributed by atoms with Crippen LogP contribution in [-0.2, 0) is 10.0 Å². The van der Waals surface area contributed by atoms with Gasteiger partial charge in [-0.15, -0.1) is 0 Å². The van der Waals surface area contributed by atoms with Crippen LogP contribution in [0.3, 0.4) is 0 Å². The second kappa shape index (κ2) is 10.2. The van der Waals surface area contributed by atoms with E-state index in [2.05, 4.69) is 56.8 Å². The molecule has 5 atom stereocenters. The molecule has 2 heterocycles. The molecule has 1 fully saturated rings. The summed E-state index contributed by atoms with van der Waals surface area (Å²) in [4.78, 5) is 9.59. The Morgan fingerprint density at radius 2 is 1.71 bits per heavy atom. The molecule has 2 aromatic carbocycles. The van der Waals surface area contributed by atoms with Crippen molar-refractivity contribution in [2.75, 3.05) is 10.0 Å². The van der Waals surface area contributed by atoms with Gasteiger partial charge >= 0.3 is 0 Å². The SMILES string of the molecule is Cc1cccc(C)c1-c1cc2nc(n1)NS(=O)(=O)c1cccc(c1)N[C@@H]1CC3CCCC4=C3C(C)(C=CC4(C)C(C)(C)C)[C@H]1O2. The highest BCUT2D eigenvalue weighted by atomic mass is 32.2. The summed E-state index contributed by atoms with van der Waals surface area (Å²) in [7, 11) is -3.96. The third kappa shape index (κ3) is 4.79. The maximum Gasteiger partial charge on any atom is 0.264 e. The minimum Gasteiger partial charge on any atom is -0.471 e. The van der Waals surface area contributed by atoms with Gasteiger partial charge in [-0.25, -0.2) is 18.1 Å². The van der Waals surface area contributed by atoms with Crippen molar-refractivity contribution in [1.82, 2.24) is 9.97 Å². The monoisotopic (exact) mass is 624 g/mol. The largest absolute Gasteiger partial charge is 0.471 e. The van der Waals surface area contributed by atoms with Crippen molar-refractivity contribution in [3.63, 3.8) is 0 Å². The van der Waals surface area contributed by atoms with Gasteiger partial charge in [0.2, 0.25) is 11.8 Å². The highest BCUT2D eigenvalue weighted by Gasteiger charge is 2.56. The van der Waals surface area contributed by atoms with Crippen molar-refractivity contribution in [2.45, 2.75) is 91.2 Å². The number of nitrogens with zero attached hydrogens (tertiary/aromatic N) is 2. The van der Waals surface area contributed by atoms with Crippen LogP contribution in [0.15, 0.2) is 76.7 Å². The normalized spacial score (nSPS) is 30.0. The van der Waals surface area contributed by atoms with Crippen molar-refractivity contribution in [1.29, 1.82) is 0 Å². The zero-order valence-corrected chi connectivity index (χ0v) is 28.2. The molecular weight excluding hydrogens is 580 g/mol. The molecule has 7 nitrogen and oxygen atoms in total. The molecule has 1 saturated carbocycles. The highest BCUT2D eigenvalue weighted by Crippen LogP contribution is 2.62. The first kappa shape index (κ1) is 30.0. The van der Waals surface area contributed by atoms with E-state index in [1.54, 1.807) is 23.8 Å². The summed E-state index contributed by atoms with van der Waals surface area (Å²) in [5.74, 6) is 0.767. The lowest BCUT2D eigenvalue weighted by molar-refractivity contribution is 0.0421. The maximum absolute atomic E-state index is 13.6. The average molecular weight is 625 g/mol. The van der Waals surface area contributed by atoms with Crippen LogP contribution in [0.4, 0.5) is 11.6 Å². The Kier molecular flexibility index (Phi) is 6.79. The Hall–Kier alpha value is -3.65. The van der Waals surface area contributed by atoms with E-state index < -0.39 is 10.0 Å². The van der Waals surface area contributed by atoms with Crippen LogP contribution in [0.5, 0.6) is 5.88 Å². The highest BCUT2D eigenvalue weighted by molar-refractivity contribution is 7.92. The lowest BCUT2D eigenvalue weighted by Crippen LogP contribution is -2.57. The van der Waals surface area contributed by atoms with Crippen LogP contribution in [0.1, 0.15) is 71.4 Å². The fourth-order valence-electron chi connectivity index (χ4n) is 8.41. The quantitative estimate of drug-likeness (QED) is 0.265. The van der Waals surface area contributed by atoms with E-state index in [0.29, 0.717) is 17.5 Å². The number of benzene rings is 2. The first-order chi connectivity index (χ1) is 21.2. The minimum atomic E-state index is -3.96. The van der Waals surface area contributed by atoms with E-state index >= 15 is 0 Å². The molecule has 0 amide bonds. The molecule has 8 heteroatoms. The van der Waals surface area contributed by atoms with Crippen molar-refractivity contribution >= 4 is 21.7 Å². The van der Waals surface area contributed by atoms with Crippen LogP contribution in [0.25, 0.3) is 11.3 Å². The first-order valence-corrected chi connectivity index (χ1v) is 17.6. The van der Waals surface area contributed by atoms with E-state index in [-0.39, 0.29) is 39.2 Å². The Labute approximate surface area is 267 Å². The number of aryl methyl sites for hydroxylation is 2. The maximum atomic E-state index is 13.6. The summed E-state index contributed by atoms with van der Waals surface area (Å²) in [6, 6.07) is 14.9. The molecule has 0 spiro atoms. The molecule has 3 aromatic rings. The summed E-state index contributed by atoms with van der Waals surface area (Å²) in [5, 5.41) is 3.74. The molecule has 2 N–H and O–H groups in total. The third-order valence-electron chi connectivity index (χ3n) is 11.1. The molecule has 4 aliphatic rings. The van der Waals surface area contributed by atoms with Gasteiger partial charge in [-0.2, -0.15) is 4.98 Å². The molecule has 7 rings (SSSR count). The molecule has 45 heavy (non-hydrogen) atoms. The Morgan fingerprint density at radius 3 is 2.44 bits per heavy atom. The van der Waals surface area contributed by atoms with Crippen molar-refractivity contribution in [3.8, 4) is 17.1 Å². The molecule has 236 valence electrons. The Morgan fingerprint density at radius 1 is 0.978 bits per heavy atom. The summed E-state index contributed by atoms with van der Waals surface area (Å²) in [6.07, 6.45) is 8.86. The molecular formula is C37H44N4O3S. The second-order valence-corrected chi connectivity index (χ2v) is 16.6. The number of nitrogens with one attached hydrogen (secondary N) is 2. The first-order valence-electron chi connectivity index (χ1n) is 16.2. The summed E-state index contributed by atoms with van der Waals surface area (Å²) in [5.41, 5.74) is 7.15. The Balaban J connectivity index is 1.45. The van der Waals surface area contributed by atoms with Crippen molar-refractivity contribution < 1.29 is 13.2 Å². The fourth-order valence-corrected chi connectivity index (χ4v) is 9.40. The fraction of sp³-hybridized carbons (Fsp3) is 0.459. The number of sulfonamides is 1. The van der Waals surface area contributed by atoms with Gasteiger partial charge < -0.3 is 10.1 Å². The van der Waals surface area contributed by atoms with E-state index in [0.717, 1.165) is 41.6 Å². The number of ether oxygens (including phenoxy) is 1. The number of anilines is 2. The van der Waals surface area contributed by atoms with Crippen LogP contribution >= 0.6 is 0 Å². The number of rotatable bonds is 1. The van der Waals surface area contributed by atoms with Crippen LogP contribution in [0.2, 0.25) is 0 Å². The molecule has 0 radical (unpaired) electrons. The van der Waals surface area contributed by atoms with E-state index in [1.807, 2.05) is 44.2 Å². The standard InChI is InChI=1S/C37H44N4O3S/c1-22-11-8-12-23(2)31(22)28-21-30-40-34(39-28)41-45(42,43)26-15-10-14-25(20-26)38-29-19-24-13-9-16-27-32(24)36(6,33(29)44-30)17-18-37(27,7)35(3,4)5/h8,10-12,14-15,17-18,20-21,24,29,33,38H,9,13,16,19H2,1-7H3,(H,39,40,41)/t24?,29-,33+,36?,37?/m1/s1. The number of hydrogen-bond donors (Lipinski definition) is 2. The van der Waals surface area contributed by atoms with Gasteiger partial charge in [-0.3, -0.25) is 0 Å². The van der Waals surface area contributed by atoms with Crippen LogP contribution in [0, 0.1) is 36.0 Å². The summed E-state index contributed by atoms with van der Waals surface area (Å²) >= 11 is 0. The van der Waals surface area contributed by atoms with Gasteiger partial charge in [0.25, 0.3) is 10.0 Å². The lowest BCUT2D eigenvalue weighted by Gasteiger charge is -2.58. The predicted molar refractivity (Wildman–Crippen MR) is 180 cm³/mol. The zero-order valence-electron chi connectivity index (χ0n) is 27.4. The second-order valence-electron chi connectivity index (χ2n) is 14.9. The summed E-state index contributed by atoms with van der Waals surface area (Å²) < 4.78 is 36.9. The van der Waals surface area contributed by atoms with E-state index in [1.165, 1.54) is 12.0 Å². The molecule has 1 aromatic heterocycles. The van der Waals surface area contributed by atoms with Crippen molar-refractivity contribution in [2.24, 2.45) is 22.2 Å². The topological polar surface area (TPSA) is 93.2 Å². The summed E-state index contributed by atoms with van der Waals surface area (Å²) in [6.45, 7) is 15.9. The smallest absolute Gasteiger partial charge is 0.264 e. The number of fused-ring (bicyclic) bond motifs is 6. The van der Waals surface area contributed by atoms with Gasteiger partial charge in [-0.05, 0) is 87.1 Å². The van der Waals surface area contributed by atoms with Gasteiger partial charge in [0, 0.05) is 28.1 Å². The minimum absolute atomic E-state index is 0.00320.